The van der Waals surface area contributed by atoms with Crippen LogP contribution in [0.25, 0.3) is 0 Å². The van der Waals surface area contributed by atoms with E-state index in [1.165, 1.54) is 0 Å². The molecule has 6 nitrogen and oxygen atoms in total. The summed E-state index contributed by atoms with van der Waals surface area (Å²) in [5, 5.41) is 8.77. The molecular weight excluding hydrogens is 514 g/mol. The molecule has 0 heterocycles. The molecular formula is C26H26BrN3O3S. The Labute approximate surface area is 213 Å². The fourth-order valence-electron chi connectivity index (χ4n) is 3.06. The van der Waals surface area contributed by atoms with Gasteiger partial charge >= 0.3 is 0 Å². The molecule has 3 aromatic carbocycles. The van der Waals surface area contributed by atoms with Gasteiger partial charge in [-0.05, 0) is 79.2 Å². The minimum absolute atomic E-state index is 0.153. The average molecular weight is 540 g/mol. The van der Waals surface area contributed by atoms with Gasteiger partial charge in [0.15, 0.2) is 5.11 Å². The van der Waals surface area contributed by atoms with Crippen LogP contribution in [-0.2, 0) is 0 Å². The van der Waals surface area contributed by atoms with E-state index in [4.69, 9.17) is 17.0 Å². The van der Waals surface area contributed by atoms with E-state index < -0.39 is 0 Å². The van der Waals surface area contributed by atoms with Gasteiger partial charge in [-0.25, -0.2) is 0 Å². The maximum Gasteiger partial charge on any atom is 0.261 e. The van der Waals surface area contributed by atoms with Crippen molar-refractivity contribution in [1.82, 2.24) is 5.32 Å². The molecule has 8 heteroatoms. The van der Waals surface area contributed by atoms with Gasteiger partial charge in [0.05, 0.1) is 12.2 Å². The first-order valence-electron chi connectivity index (χ1n) is 10.7. The zero-order valence-corrected chi connectivity index (χ0v) is 21.5. The van der Waals surface area contributed by atoms with E-state index in [0.717, 1.165) is 10.0 Å². The predicted molar refractivity (Wildman–Crippen MR) is 144 cm³/mol. The molecule has 176 valence electrons. The number of anilines is 2. The SMILES string of the molecule is Cc1cc(NC(=S)NC(=O)c2cc(Br)ccc2OCC(C)C)ccc1NC(=O)c1ccccc1. The van der Waals surface area contributed by atoms with Crippen molar-refractivity contribution in [2.24, 2.45) is 5.92 Å². The van der Waals surface area contributed by atoms with E-state index in [9.17, 15) is 9.59 Å². The van der Waals surface area contributed by atoms with Gasteiger partial charge in [-0.3, -0.25) is 14.9 Å². The molecule has 0 unspecified atom stereocenters. The molecule has 0 saturated heterocycles. The van der Waals surface area contributed by atoms with E-state index in [-0.39, 0.29) is 16.9 Å². The third-order valence-corrected chi connectivity index (χ3v) is 5.45. The molecule has 3 N–H and O–H groups in total. The van der Waals surface area contributed by atoms with Crippen molar-refractivity contribution in [3.8, 4) is 5.75 Å². The summed E-state index contributed by atoms with van der Waals surface area (Å²) in [6.07, 6.45) is 0. The average Bonchev–Trinajstić information content (AvgIpc) is 2.80. The summed E-state index contributed by atoms with van der Waals surface area (Å²) in [6, 6.07) is 19.7. The number of ether oxygens (including phenoxy) is 1. The number of halogens is 1. The molecule has 34 heavy (non-hydrogen) atoms. The normalized spacial score (nSPS) is 10.5. The van der Waals surface area contributed by atoms with Gasteiger partial charge in [0.25, 0.3) is 11.8 Å². The Morgan fingerprint density at radius 2 is 1.71 bits per heavy atom. The molecule has 2 amide bonds. The Morgan fingerprint density at radius 1 is 0.971 bits per heavy atom. The highest BCUT2D eigenvalue weighted by molar-refractivity contribution is 9.10. The molecule has 0 spiro atoms. The lowest BCUT2D eigenvalue weighted by Gasteiger charge is -2.15. The second-order valence-electron chi connectivity index (χ2n) is 8.10. The zero-order valence-electron chi connectivity index (χ0n) is 19.1. The number of carbonyl (C=O) groups is 2. The van der Waals surface area contributed by atoms with Crippen LogP contribution in [0.15, 0.2) is 71.2 Å². The summed E-state index contributed by atoms with van der Waals surface area (Å²) in [5.41, 5.74) is 3.19. The highest BCUT2D eigenvalue weighted by Gasteiger charge is 2.16. The van der Waals surface area contributed by atoms with Crippen molar-refractivity contribution < 1.29 is 14.3 Å². The van der Waals surface area contributed by atoms with E-state index in [1.807, 2.05) is 51.1 Å². The Morgan fingerprint density at radius 3 is 2.38 bits per heavy atom. The third-order valence-electron chi connectivity index (χ3n) is 4.75. The van der Waals surface area contributed by atoms with Crippen LogP contribution < -0.4 is 20.7 Å². The van der Waals surface area contributed by atoms with E-state index >= 15 is 0 Å². The summed E-state index contributed by atoms with van der Waals surface area (Å²) in [7, 11) is 0. The quantitative estimate of drug-likeness (QED) is 0.313. The van der Waals surface area contributed by atoms with Gasteiger partial charge in [0.1, 0.15) is 5.75 Å². The number of thiocarbonyl (C=S) groups is 1. The minimum Gasteiger partial charge on any atom is -0.492 e. The van der Waals surface area contributed by atoms with Crippen LogP contribution in [0.5, 0.6) is 5.75 Å². The Bertz CT molecular complexity index is 1200. The monoisotopic (exact) mass is 539 g/mol. The molecule has 0 saturated carbocycles. The number of aryl methyl sites for hydroxylation is 1. The van der Waals surface area contributed by atoms with Crippen LogP contribution >= 0.6 is 28.1 Å². The number of carbonyl (C=O) groups excluding carboxylic acids is 2. The van der Waals surface area contributed by atoms with E-state index in [1.54, 1.807) is 36.4 Å². The van der Waals surface area contributed by atoms with Crippen LogP contribution in [0.1, 0.15) is 40.1 Å². The van der Waals surface area contributed by atoms with Crippen molar-refractivity contribution in [2.45, 2.75) is 20.8 Å². The number of nitrogens with one attached hydrogen (secondary N) is 3. The van der Waals surface area contributed by atoms with Crippen molar-refractivity contribution in [3.05, 3.63) is 87.9 Å². The first kappa shape index (κ1) is 25.4. The van der Waals surface area contributed by atoms with Crippen LogP contribution in [0.4, 0.5) is 11.4 Å². The standard InChI is InChI=1S/C26H26BrN3O3S/c1-16(2)15-33-23-12-9-19(27)14-21(23)25(32)30-26(34)28-20-10-11-22(17(3)13-20)29-24(31)18-7-5-4-6-8-18/h4-14,16H,15H2,1-3H3,(H,29,31)(H2,28,30,32,34). The molecule has 0 bridgehead atoms. The molecule has 0 radical (unpaired) electrons. The third kappa shape index (κ3) is 7.13. The summed E-state index contributed by atoms with van der Waals surface area (Å²) in [5.74, 6) is 0.260. The lowest BCUT2D eigenvalue weighted by molar-refractivity contribution is 0.0971. The number of rotatable bonds is 7. The van der Waals surface area contributed by atoms with Gasteiger partial charge in [-0.15, -0.1) is 0 Å². The molecule has 0 aromatic heterocycles. The second kappa shape index (κ2) is 11.8. The van der Waals surface area contributed by atoms with Crippen molar-refractivity contribution in [2.75, 3.05) is 17.2 Å². The predicted octanol–water partition coefficient (Wildman–Crippen LogP) is 6.17. The highest BCUT2D eigenvalue weighted by atomic mass is 79.9. The van der Waals surface area contributed by atoms with Crippen molar-refractivity contribution >= 4 is 56.4 Å². The van der Waals surface area contributed by atoms with E-state index in [0.29, 0.717) is 40.8 Å². The summed E-state index contributed by atoms with van der Waals surface area (Å²) < 4.78 is 6.55. The molecule has 3 rings (SSSR count). The van der Waals surface area contributed by atoms with Crippen LogP contribution in [0.3, 0.4) is 0 Å². The Balaban J connectivity index is 1.64. The van der Waals surface area contributed by atoms with Gasteiger partial charge in [0, 0.05) is 21.4 Å². The van der Waals surface area contributed by atoms with Crippen LogP contribution in [0, 0.1) is 12.8 Å². The fourth-order valence-corrected chi connectivity index (χ4v) is 3.63. The van der Waals surface area contributed by atoms with Crippen molar-refractivity contribution in [3.63, 3.8) is 0 Å². The summed E-state index contributed by atoms with van der Waals surface area (Å²) in [6.45, 7) is 6.46. The van der Waals surface area contributed by atoms with Gasteiger partial charge in [0.2, 0.25) is 0 Å². The largest absolute Gasteiger partial charge is 0.492 e. The lowest BCUT2D eigenvalue weighted by atomic mass is 10.1. The summed E-state index contributed by atoms with van der Waals surface area (Å²) in [4.78, 5) is 25.3. The Kier molecular flexibility index (Phi) is 8.79. The van der Waals surface area contributed by atoms with Crippen molar-refractivity contribution in [1.29, 1.82) is 0 Å². The zero-order chi connectivity index (χ0) is 24.7. The molecule has 0 fully saturated rings. The topological polar surface area (TPSA) is 79.5 Å². The maximum atomic E-state index is 12.9. The van der Waals surface area contributed by atoms with Gasteiger partial charge < -0.3 is 15.4 Å². The number of amides is 2. The number of hydrogen-bond acceptors (Lipinski definition) is 4. The first-order valence-corrected chi connectivity index (χ1v) is 11.9. The smallest absolute Gasteiger partial charge is 0.261 e. The molecule has 3 aromatic rings. The minimum atomic E-state index is -0.374. The number of benzene rings is 3. The number of hydrogen-bond donors (Lipinski definition) is 3. The maximum absolute atomic E-state index is 12.9. The van der Waals surface area contributed by atoms with Crippen LogP contribution in [0.2, 0.25) is 0 Å². The summed E-state index contributed by atoms with van der Waals surface area (Å²) >= 11 is 8.74. The Hall–Kier alpha value is -3.23. The molecule has 0 aliphatic carbocycles. The molecule has 0 atom stereocenters. The van der Waals surface area contributed by atoms with Gasteiger partial charge in [-0.1, -0.05) is 48.0 Å². The second-order valence-corrected chi connectivity index (χ2v) is 9.43. The first-order chi connectivity index (χ1) is 16.2. The molecule has 0 aliphatic heterocycles. The van der Waals surface area contributed by atoms with E-state index in [2.05, 4.69) is 31.9 Å². The molecule has 0 aliphatic rings. The highest BCUT2D eigenvalue weighted by Crippen LogP contribution is 2.24. The lowest BCUT2D eigenvalue weighted by Crippen LogP contribution is -2.34. The fraction of sp³-hybridized carbons (Fsp3) is 0.192. The van der Waals surface area contributed by atoms with Crippen LogP contribution in [-0.4, -0.2) is 23.5 Å². The van der Waals surface area contributed by atoms with Gasteiger partial charge in [-0.2, -0.15) is 0 Å².